The lowest BCUT2D eigenvalue weighted by atomic mass is 9.72. The quantitative estimate of drug-likeness (QED) is 0.442. The van der Waals surface area contributed by atoms with Crippen LogP contribution < -0.4 is 15.0 Å². The number of amides is 1. The van der Waals surface area contributed by atoms with Crippen LogP contribution in [0, 0.1) is 5.41 Å². The minimum atomic E-state index is -0.500. The molecule has 41 heavy (non-hydrogen) atoms. The summed E-state index contributed by atoms with van der Waals surface area (Å²) < 4.78 is 17.0. The van der Waals surface area contributed by atoms with Gasteiger partial charge in [-0.1, -0.05) is 11.3 Å². The van der Waals surface area contributed by atoms with Crippen molar-refractivity contribution in [2.75, 3.05) is 49.6 Å². The van der Waals surface area contributed by atoms with E-state index in [2.05, 4.69) is 35.1 Å². The number of nitrogens with one attached hydrogen (secondary N) is 1. The van der Waals surface area contributed by atoms with E-state index in [1.807, 2.05) is 26.8 Å². The number of carbonyl (C=O) groups is 1. The average molecular weight is 581 g/mol. The Bertz CT molecular complexity index is 1340. The summed E-state index contributed by atoms with van der Waals surface area (Å²) in [5, 5.41) is 3.85. The Morgan fingerprint density at radius 2 is 1.78 bits per heavy atom. The third kappa shape index (κ3) is 6.67. The monoisotopic (exact) mass is 580 g/mol. The Balaban J connectivity index is 1.01. The highest BCUT2D eigenvalue weighted by Gasteiger charge is 2.42. The molecular formula is C28H36N8O4S. The molecule has 5 heterocycles. The number of thiazole rings is 1. The Labute approximate surface area is 243 Å². The van der Waals surface area contributed by atoms with Gasteiger partial charge in [-0.25, -0.2) is 24.7 Å². The summed E-state index contributed by atoms with van der Waals surface area (Å²) in [5.74, 6) is 0.459. The number of hydrogen-bond acceptors (Lipinski definition) is 12. The van der Waals surface area contributed by atoms with Crippen molar-refractivity contribution in [1.82, 2.24) is 29.8 Å². The van der Waals surface area contributed by atoms with Crippen LogP contribution in [-0.4, -0.2) is 87.0 Å². The minimum absolute atomic E-state index is 0.143. The Morgan fingerprint density at radius 1 is 1.05 bits per heavy atom. The van der Waals surface area contributed by atoms with E-state index in [0.717, 1.165) is 55.2 Å². The van der Waals surface area contributed by atoms with Crippen molar-refractivity contribution in [2.24, 2.45) is 5.41 Å². The van der Waals surface area contributed by atoms with E-state index in [9.17, 15) is 4.79 Å². The lowest BCUT2D eigenvalue weighted by molar-refractivity contribution is -0.140. The van der Waals surface area contributed by atoms with Gasteiger partial charge in [-0.05, 0) is 52.5 Å². The lowest BCUT2D eigenvalue weighted by Crippen LogP contribution is -2.50. The van der Waals surface area contributed by atoms with Crippen LogP contribution in [0.2, 0.25) is 0 Å². The molecule has 13 heteroatoms. The maximum Gasteiger partial charge on any atom is 0.410 e. The minimum Gasteiger partial charge on any atom is -0.460 e. The van der Waals surface area contributed by atoms with Crippen LogP contribution in [0.25, 0.3) is 10.6 Å². The van der Waals surface area contributed by atoms with E-state index in [4.69, 9.17) is 14.2 Å². The highest BCUT2D eigenvalue weighted by Crippen LogP contribution is 2.43. The molecule has 0 radical (unpaired) electrons. The molecule has 1 N–H and O–H groups in total. The lowest BCUT2D eigenvalue weighted by Gasteiger charge is -2.45. The molecule has 0 aromatic carbocycles. The number of aromatic nitrogens is 5. The summed E-state index contributed by atoms with van der Waals surface area (Å²) in [6.07, 6.45) is 11.2. The van der Waals surface area contributed by atoms with Gasteiger partial charge in [0.1, 0.15) is 11.7 Å². The molecule has 1 spiro atoms. The predicted octanol–water partition coefficient (Wildman–Crippen LogP) is 4.53. The fourth-order valence-electron chi connectivity index (χ4n) is 5.25. The molecule has 12 nitrogen and oxygen atoms in total. The van der Waals surface area contributed by atoms with E-state index in [0.29, 0.717) is 48.7 Å². The first-order valence-corrected chi connectivity index (χ1v) is 14.9. The van der Waals surface area contributed by atoms with Crippen LogP contribution in [0.3, 0.4) is 0 Å². The van der Waals surface area contributed by atoms with Crippen molar-refractivity contribution in [1.29, 1.82) is 0 Å². The maximum atomic E-state index is 12.3. The Kier molecular flexibility index (Phi) is 7.64. The molecule has 2 saturated heterocycles. The molecule has 1 amide bonds. The molecule has 3 aliphatic rings. The number of rotatable bonds is 6. The smallest absolute Gasteiger partial charge is 0.410 e. The summed E-state index contributed by atoms with van der Waals surface area (Å²) in [5.41, 5.74) is 1.56. The zero-order valence-corrected chi connectivity index (χ0v) is 24.5. The van der Waals surface area contributed by atoms with E-state index in [-0.39, 0.29) is 12.2 Å². The third-order valence-corrected chi connectivity index (χ3v) is 8.56. The van der Waals surface area contributed by atoms with E-state index in [1.54, 1.807) is 29.7 Å². The number of piperazine rings is 1. The first-order valence-electron chi connectivity index (χ1n) is 14.1. The summed E-state index contributed by atoms with van der Waals surface area (Å²) in [6, 6.07) is 2.27. The summed E-state index contributed by atoms with van der Waals surface area (Å²) in [7, 11) is 0. The van der Waals surface area contributed by atoms with Crippen LogP contribution in [0.1, 0.15) is 46.5 Å². The highest BCUT2D eigenvalue weighted by atomic mass is 32.1. The molecule has 1 saturated carbocycles. The number of ether oxygens (including phenoxy) is 3. The molecule has 0 bridgehead atoms. The van der Waals surface area contributed by atoms with Crippen LogP contribution in [-0.2, 0) is 9.47 Å². The van der Waals surface area contributed by atoms with Gasteiger partial charge >= 0.3 is 12.1 Å². The van der Waals surface area contributed by atoms with Gasteiger partial charge in [0.15, 0.2) is 5.13 Å². The second kappa shape index (κ2) is 11.4. The summed E-state index contributed by atoms with van der Waals surface area (Å²) in [6.45, 7) is 9.94. The number of nitrogens with zero attached hydrogens (tertiary/aromatic N) is 7. The maximum absolute atomic E-state index is 12.3. The summed E-state index contributed by atoms with van der Waals surface area (Å²) in [4.78, 5) is 39.5. The first-order chi connectivity index (χ1) is 19.7. The molecule has 3 aromatic heterocycles. The van der Waals surface area contributed by atoms with Crippen molar-refractivity contribution in [3.05, 3.63) is 30.9 Å². The van der Waals surface area contributed by atoms with Crippen molar-refractivity contribution in [2.45, 2.75) is 58.2 Å². The van der Waals surface area contributed by atoms with E-state index in [1.165, 1.54) is 11.3 Å². The molecule has 0 atom stereocenters. The fraction of sp³-hybridized carbons (Fsp3) is 0.571. The van der Waals surface area contributed by atoms with Crippen molar-refractivity contribution < 1.29 is 19.0 Å². The molecule has 3 fully saturated rings. The van der Waals surface area contributed by atoms with Gasteiger partial charge in [-0.3, -0.25) is 0 Å². The third-order valence-electron chi connectivity index (χ3n) is 7.63. The Morgan fingerprint density at radius 3 is 2.44 bits per heavy atom. The van der Waals surface area contributed by atoms with Crippen molar-refractivity contribution in [3.8, 4) is 16.6 Å². The molecule has 0 unspecified atom stereocenters. The second-order valence-electron chi connectivity index (χ2n) is 11.9. The first kappa shape index (κ1) is 27.6. The highest BCUT2D eigenvalue weighted by molar-refractivity contribution is 7.18. The van der Waals surface area contributed by atoms with Crippen molar-refractivity contribution >= 4 is 34.2 Å². The average Bonchev–Trinajstić information content (AvgIpc) is 3.41. The SMILES string of the molecule is CC(C)(C)OC(=O)N1CCN(c2cnc(Nc3ncc(-c4ccnc(OC5CCC6(CC5)COC6)n4)s3)nc2)CC1. The van der Waals surface area contributed by atoms with Gasteiger partial charge in [-0.15, -0.1) is 0 Å². The standard InChI is InChI=1S/C28H36N8O4S/c1-27(2,3)40-26(37)36-12-10-35(11-13-36)19-14-30-23(31-15-19)34-25-32-16-22(41-25)21-6-9-29-24(33-21)39-20-4-7-28(8-5-20)17-38-18-28/h6,9,14-16,20H,4-5,7-8,10-13,17-18H2,1-3H3,(H,30,31,32,34). The van der Waals surface area contributed by atoms with Crippen LogP contribution in [0.5, 0.6) is 6.01 Å². The topological polar surface area (TPSA) is 128 Å². The van der Waals surface area contributed by atoms with E-state index >= 15 is 0 Å². The second-order valence-corrected chi connectivity index (χ2v) is 12.9. The van der Waals surface area contributed by atoms with E-state index < -0.39 is 5.60 Å². The number of anilines is 3. The van der Waals surface area contributed by atoms with Gasteiger partial charge in [0.2, 0.25) is 5.95 Å². The van der Waals surface area contributed by atoms with Gasteiger partial charge in [-0.2, -0.15) is 4.98 Å². The van der Waals surface area contributed by atoms with Gasteiger partial charge in [0.05, 0.1) is 41.9 Å². The number of hydrogen-bond donors (Lipinski definition) is 1. The molecule has 218 valence electrons. The van der Waals surface area contributed by atoms with Gasteiger partial charge < -0.3 is 29.3 Å². The van der Waals surface area contributed by atoms with Gasteiger partial charge in [0.25, 0.3) is 0 Å². The van der Waals surface area contributed by atoms with Crippen LogP contribution >= 0.6 is 11.3 Å². The number of carbonyl (C=O) groups excluding carboxylic acids is 1. The zero-order chi connectivity index (χ0) is 28.5. The molecule has 2 aliphatic heterocycles. The normalized spacial score (nSPS) is 19.1. The fourth-order valence-corrected chi connectivity index (χ4v) is 6.03. The predicted molar refractivity (Wildman–Crippen MR) is 155 cm³/mol. The summed E-state index contributed by atoms with van der Waals surface area (Å²) >= 11 is 1.46. The van der Waals surface area contributed by atoms with Crippen molar-refractivity contribution in [3.63, 3.8) is 0 Å². The molecule has 3 aromatic rings. The van der Waals surface area contributed by atoms with Gasteiger partial charge in [0, 0.05) is 44.0 Å². The molecule has 1 aliphatic carbocycles. The Hall–Kier alpha value is -3.58. The van der Waals surface area contributed by atoms with Crippen LogP contribution in [0.15, 0.2) is 30.9 Å². The zero-order valence-electron chi connectivity index (χ0n) is 23.7. The molecular weight excluding hydrogens is 544 g/mol. The molecule has 6 rings (SSSR count). The largest absolute Gasteiger partial charge is 0.460 e. The van der Waals surface area contributed by atoms with Crippen LogP contribution in [0.4, 0.5) is 21.6 Å².